The zero-order valence-electron chi connectivity index (χ0n) is 25.2. The van der Waals surface area contributed by atoms with E-state index < -0.39 is 10.8 Å². The van der Waals surface area contributed by atoms with Crippen LogP contribution in [0, 0.1) is 45.3 Å². The molecule has 2 saturated heterocycles. The first-order valence-corrected chi connectivity index (χ1v) is 15.5. The number of cyclic esters (lactones) is 2. The Morgan fingerprint density at radius 3 is 1.77 bits per heavy atom. The lowest BCUT2D eigenvalue weighted by molar-refractivity contribution is -0.165. The van der Waals surface area contributed by atoms with E-state index in [-0.39, 0.29) is 46.9 Å². The minimum absolute atomic E-state index is 0.0105. The molecule has 4 bridgehead atoms. The molecule has 4 aliphatic carbocycles. The Balaban J connectivity index is 0.000000161. The fraction of sp³-hybridized carbons (Fsp3) is 0.875. The third-order valence-corrected chi connectivity index (χ3v) is 11.8. The van der Waals surface area contributed by atoms with Gasteiger partial charge in [0.25, 0.3) is 0 Å². The molecule has 0 N–H and O–H groups in total. The van der Waals surface area contributed by atoms with Gasteiger partial charge in [-0.2, -0.15) is 0 Å². The van der Waals surface area contributed by atoms with Crippen LogP contribution >= 0.6 is 0 Å². The van der Waals surface area contributed by atoms with Gasteiger partial charge in [-0.3, -0.25) is 19.2 Å². The Hall–Kier alpha value is -2.12. The van der Waals surface area contributed by atoms with E-state index in [9.17, 15) is 19.2 Å². The van der Waals surface area contributed by atoms with Gasteiger partial charge in [-0.05, 0) is 109 Å². The summed E-state index contributed by atoms with van der Waals surface area (Å²) in [5.41, 5.74) is -0.990. The van der Waals surface area contributed by atoms with Crippen LogP contribution in [0.5, 0.6) is 0 Å². The lowest BCUT2D eigenvalue weighted by Crippen LogP contribution is -2.39. The van der Waals surface area contributed by atoms with E-state index in [4.69, 9.17) is 18.9 Å². The first-order valence-electron chi connectivity index (χ1n) is 15.5. The predicted octanol–water partition coefficient (Wildman–Crippen LogP) is 5.40. The van der Waals surface area contributed by atoms with Crippen molar-refractivity contribution in [3.63, 3.8) is 0 Å². The summed E-state index contributed by atoms with van der Waals surface area (Å²) in [6.45, 7) is 12.9. The molecule has 0 aromatic heterocycles. The Kier molecular flexibility index (Phi) is 7.57. The first-order chi connectivity index (χ1) is 18.7. The molecule has 2 aliphatic heterocycles. The number of hydrogen-bond donors (Lipinski definition) is 0. The van der Waals surface area contributed by atoms with Crippen LogP contribution < -0.4 is 0 Å². The van der Waals surface area contributed by atoms with Crippen LogP contribution in [0.3, 0.4) is 0 Å². The van der Waals surface area contributed by atoms with Crippen LogP contribution in [-0.4, -0.2) is 49.3 Å². The second-order valence-electron chi connectivity index (χ2n) is 14.9. The molecule has 8 unspecified atom stereocenters. The van der Waals surface area contributed by atoms with Crippen molar-refractivity contribution < 1.29 is 38.1 Å². The molecule has 0 aromatic rings. The summed E-state index contributed by atoms with van der Waals surface area (Å²) < 4.78 is 21.9. The van der Waals surface area contributed by atoms with E-state index in [1.807, 2.05) is 41.5 Å². The standard InChI is InChI=1S/2C16H24O4/c1-4-15(2,3)14(18)20-12-6-11-5-10(12)7-16(11)8-13(17)19-9-16;1-4-15(2,3)13(17)20-12-8-11-7-10(12)9-16(11)5-6-19-14(16)18/h2*10-12H,4-9H2,1-3H3. The van der Waals surface area contributed by atoms with Gasteiger partial charge in [0, 0.05) is 5.41 Å². The van der Waals surface area contributed by atoms with Gasteiger partial charge in [-0.15, -0.1) is 0 Å². The maximum absolute atomic E-state index is 12.2. The van der Waals surface area contributed by atoms with Crippen molar-refractivity contribution in [2.24, 2.45) is 45.3 Å². The van der Waals surface area contributed by atoms with E-state index in [1.54, 1.807) is 0 Å². The molecule has 6 aliphatic rings. The highest BCUT2D eigenvalue weighted by Crippen LogP contribution is 2.61. The molecule has 8 atom stereocenters. The molecule has 40 heavy (non-hydrogen) atoms. The average molecular weight is 561 g/mol. The Morgan fingerprint density at radius 2 is 1.38 bits per heavy atom. The molecule has 6 fully saturated rings. The maximum atomic E-state index is 12.2. The van der Waals surface area contributed by atoms with Gasteiger partial charge in [-0.1, -0.05) is 13.8 Å². The SMILES string of the molecule is CCC(C)(C)C(=O)OC1CC2CC1CC21CCOC1=O.CCC(C)(C)C(=O)OC1CC2CC1CC21COC(=O)C1. The number of rotatable bonds is 6. The van der Waals surface area contributed by atoms with Crippen LogP contribution in [0.1, 0.15) is 106 Å². The highest BCUT2D eigenvalue weighted by molar-refractivity contribution is 5.80. The first kappa shape index (κ1) is 29.4. The van der Waals surface area contributed by atoms with Gasteiger partial charge >= 0.3 is 23.9 Å². The van der Waals surface area contributed by atoms with Gasteiger partial charge in [0.2, 0.25) is 0 Å². The van der Waals surface area contributed by atoms with E-state index in [0.717, 1.165) is 57.8 Å². The normalized spacial score (nSPS) is 39.4. The highest BCUT2D eigenvalue weighted by atomic mass is 16.6. The van der Waals surface area contributed by atoms with Gasteiger partial charge in [0.15, 0.2) is 0 Å². The summed E-state index contributed by atoms with van der Waals surface area (Å²) in [7, 11) is 0. The molecule has 6 rings (SSSR count). The smallest absolute Gasteiger partial charge is 0.312 e. The summed E-state index contributed by atoms with van der Waals surface area (Å²) in [5.74, 6) is 1.37. The van der Waals surface area contributed by atoms with Crippen LogP contribution in [-0.2, 0) is 38.1 Å². The fourth-order valence-electron chi connectivity index (χ4n) is 8.18. The Labute approximate surface area is 238 Å². The Morgan fingerprint density at radius 1 is 0.825 bits per heavy atom. The molecule has 0 amide bonds. The number of hydrogen-bond acceptors (Lipinski definition) is 8. The van der Waals surface area contributed by atoms with Gasteiger partial charge < -0.3 is 18.9 Å². The largest absolute Gasteiger partial charge is 0.465 e. The van der Waals surface area contributed by atoms with E-state index in [0.29, 0.717) is 43.3 Å². The number of carbonyl (C=O) groups excluding carboxylic acids is 4. The van der Waals surface area contributed by atoms with Crippen molar-refractivity contribution in [2.75, 3.05) is 13.2 Å². The van der Waals surface area contributed by atoms with Crippen LogP contribution in [0.4, 0.5) is 0 Å². The van der Waals surface area contributed by atoms with E-state index >= 15 is 0 Å². The number of fused-ring (bicyclic) bond motifs is 6. The molecule has 2 spiro atoms. The van der Waals surface area contributed by atoms with Crippen molar-refractivity contribution in [1.29, 1.82) is 0 Å². The molecular weight excluding hydrogens is 512 g/mol. The molecule has 8 heteroatoms. The fourth-order valence-corrected chi connectivity index (χ4v) is 8.18. The number of esters is 4. The van der Waals surface area contributed by atoms with Crippen LogP contribution in [0.15, 0.2) is 0 Å². The van der Waals surface area contributed by atoms with Crippen molar-refractivity contribution in [2.45, 2.75) is 118 Å². The van der Waals surface area contributed by atoms with Gasteiger partial charge in [0.1, 0.15) is 12.2 Å². The molecule has 0 aromatic carbocycles. The Bertz CT molecular complexity index is 1050. The van der Waals surface area contributed by atoms with Crippen LogP contribution in [0.2, 0.25) is 0 Å². The predicted molar refractivity (Wildman–Crippen MR) is 146 cm³/mol. The monoisotopic (exact) mass is 560 g/mol. The minimum Gasteiger partial charge on any atom is -0.465 e. The summed E-state index contributed by atoms with van der Waals surface area (Å²) in [4.78, 5) is 47.8. The third kappa shape index (κ3) is 4.95. The van der Waals surface area contributed by atoms with Crippen molar-refractivity contribution in [1.82, 2.24) is 0 Å². The average Bonchev–Trinajstić information content (AvgIpc) is 3.75. The van der Waals surface area contributed by atoms with Crippen molar-refractivity contribution in [3.05, 3.63) is 0 Å². The summed E-state index contributed by atoms with van der Waals surface area (Å²) in [6.07, 6.45) is 8.73. The van der Waals surface area contributed by atoms with Crippen LogP contribution in [0.25, 0.3) is 0 Å². The topological polar surface area (TPSA) is 105 Å². The second-order valence-corrected chi connectivity index (χ2v) is 14.9. The highest BCUT2D eigenvalue weighted by Gasteiger charge is 2.63. The third-order valence-electron chi connectivity index (χ3n) is 11.8. The summed E-state index contributed by atoms with van der Waals surface area (Å²) in [6, 6.07) is 0. The molecule has 224 valence electrons. The second kappa shape index (κ2) is 10.3. The lowest BCUT2D eigenvalue weighted by atomic mass is 9.71. The summed E-state index contributed by atoms with van der Waals surface area (Å²) >= 11 is 0. The van der Waals surface area contributed by atoms with E-state index in [1.165, 1.54) is 0 Å². The summed E-state index contributed by atoms with van der Waals surface area (Å²) in [5, 5.41) is 0. The number of carbonyl (C=O) groups is 4. The quantitative estimate of drug-likeness (QED) is 0.314. The number of ether oxygens (including phenoxy) is 4. The van der Waals surface area contributed by atoms with Gasteiger partial charge in [0.05, 0.1) is 35.9 Å². The molecule has 4 saturated carbocycles. The van der Waals surface area contributed by atoms with Crippen molar-refractivity contribution >= 4 is 23.9 Å². The minimum atomic E-state index is -0.411. The van der Waals surface area contributed by atoms with E-state index in [2.05, 4.69) is 0 Å². The molecule has 2 heterocycles. The molecule has 0 radical (unpaired) electrons. The zero-order valence-corrected chi connectivity index (χ0v) is 25.2. The lowest BCUT2D eigenvalue weighted by Gasteiger charge is -2.35. The zero-order chi connectivity index (χ0) is 29.1. The van der Waals surface area contributed by atoms with Gasteiger partial charge in [-0.25, -0.2) is 0 Å². The van der Waals surface area contributed by atoms with Crippen molar-refractivity contribution in [3.8, 4) is 0 Å². The molecule has 8 nitrogen and oxygen atoms in total. The maximum Gasteiger partial charge on any atom is 0.312 e. The molecular formula is C32H48O8.